The number of carbonyl (C=O) groups is 3. The molecule has 70 heavy (non-hydrogen) atoms. The SMILES string of the molecule is CC/C=C\C/C=C\C/C=C\C/C=C\C/C=C\C/C=C\C/C=C\C/C=C\C/C=C\CCCCCCCC(=O)OCC(COC(=O)CCCCCCCC)OC(=O)CCCCCCC/C=C\CCCCCC. The number of hydrogen-bond donors (Lipinski definition) is 0. The molecule has 0 aliphatic rings. The highest BCUT2D eigenvalue weighted by Crippen LogP contribution is 2.13. The second-order valence-electron chi connectivity index (χ2n) is 18.5. The van der Waals surface area contributed by atoms with Crippen LogP contribution in [0.2, 0.25) is 0 Å². The quantitative estimate of drug-likeness (QED) is 0.0262. The van der Waals surface area contributed by atoms with E-state index >= 15 is 0 Å². The van der Waals surface area contributed by atoms with Crippen molar-refractivity contribution in [2.24, 2.45) is 0 Å². The Bertz CT molecular complexity index is 1490. The molecule has 0 aromatic carbocycles. The molecule has 0 radical (unpaired) electrons. The van der Waals surface area contributed by atoms with Crippen molar-refractivity contribution in [1.82, 2.24) is 0 Å². The number of esters is 3. The molecule has 0 saturated heterocycles. The average Bonchev–Trinajstić information content (AvgIpc) is 3.36. The first-order chi connectivity index (χ1) is 34.5. The van der Waals surface area contributed by atoms with E-state index < -0.39 is 6.10 Å². The number of unbranched alkanes of at least 4 members (excludes halogenated alkanes) is 19. The molecule has 0 bridgehead atoms. The minimum Gasteiger partial charge on any atom is -0.462 e. The summed E-state index contributed by atoms with van der Waals surface area (Å²) in [7, 11) is 0. The molecule has 6 heteroatoms. The zero-order valence-corrected chi connectivity index (χ0v) is 45.2. The summed E-state index contributed by atoms with van der Waals surface area (Å²) in [5, 5.41) is 0. The summed E-state index contributed by atoms with van der Waals surface area (Å²) in [6.45, 7) is 6.41. The lowest BCUT2D eigenvalue weighted by Crippen LogP contribution is -2.30. The van der Waals surface area contributed by atoms with Gasteiger partial charge in [-0.2, -0.15) is 0 Å². The number of carbonyl (C=O) groups excluding carboxylic acids is 3. The molecule has 6 nitrogen and oxygen atoms in total. The molecule has 0 saturated carbocycles. The molecule has 0 aliphatic heterocycles. The van der Waals surface area contributed by atoms with Crippen LogP contribution >= 0.6 is 0 Å². The Hall–Kier alpha value is -4.19. The Morgan fingerprint density at radius 1 is 0.300 bits per heavy atom. The van der Waals surface area contributed by atoms with E-state index in [4.69, 9.17) is 14.2 Å². The Morgan fingerprint density at radius 3 is 0.900 bits per heavy atom. The Labute approximate surface area is 431 Å². The second-order valence-corrected chi connectivity index (χ2v) is 18.5. The largest absolute Gasteiger partial charge is 0.462 e. The molecule has 0 spiro atoms. The first kappa shape index (κ1) is 65.8. The summed E-state index contributed by atoms with van der Waals surface area (Å²) in [6.07, 6.45) is 79.4. The highest BCUT2D eigenvalue weighted by molar-refractivity contribution is 5.71. The minimum absolute atomic E-state index is 0.0891. The highest BCUT2D eigenvalue weighted by Gasteiger charge is 2.19. The third kappa shape index (κ3) is 54.7. The molecular weight excluding hydrogens is 865 g/mol. The molecule has 0 rings (SSSR count). The van der Waals surface area contributed by atoms with Crippen LogP contribution in [0, 0.1) is 0 Å². The molecule has 0 heterocycles. The third-order valence-electron chi connectivity index (χ3n) is 11.7. The maximum atomic E-state index is 12.7. The van der Waals surface area contributed by atoms with Crippen LogP contribution in [0.25, 0.3) is 0 Å². The zero-order chi connectivity index (χ0) is 50.7. The van der Waals surface area contributed by atoms with E-state index in [0.717, 1.165) is 148 Å². The Balaban J connectivity index is 4.15. The van der Waals surface area contributed by atoms with Gasteiger partial charge in [-0.25, -0.2) is 0 Å². The van der Waals surface area contributed by atoms with Gasteiger partial charge in [0.25, 0.3) is 0 Å². The minimum atomic E-state index is -0.788. The van der Waals surface area contributed by atoms with Crippen LogP contribution in [0.4, 0.5) is 0 Å². The predicted octanol–water partition coefficient (Wildman–Crippen LogP) is 19.3. The van der Waals surface area contributed by atoms with E-state index in [-0.39, 0.29) is 31.1 Å². The number of ether oxygens (including phenoxy) is 3. The first-order valence-electron chi connectivity index (χ1n) is 28.5. The van der Waals surface area contributed by atoms with Gasteiger partial charge in [-0.15, -0.1) is 0 Å². The third-order valence-corrected chi connectivity index (χ3v) is 11.7. The van der Waals surface area contributed by atoms with Crippen LogP contribution in [0.1, 0.15) is 245 Å². The first-order valence-corrected chi connectivity index (χ1v) is 28.5. The molecule has 1 atom stereocenters. The molecule has 396 valence electrons. The molecule has 0 N–H and O–H groups in total. The second kappa shape index (κ2) is 57.4. The van der Waals surface area contributed by atoms with Gasteiger partial charge in [0.2, 0.25) is 0 Å². The van der Waals surface area contributed by atoms with Crippen LogP contribution < -0.4 is 0 Å². The van der Waals surface area contributed by atoms with Gasteiger partial charge in [-0.3, -0.25) is 14.4 Å². The lowest BCUT2D eigenvalue weighted by Gasteiger charge is -2.18. The molecule has 0 aromatic rings. The van der Waals surface area contributed by atoms with Gasteiger partial charge in [0, 0.05) is 19.3 Å². The van der Waals surface area contributed by atoms with E-state index in [9.17, 15) is 14.4 Å². The van der Waals surface area contributed by atoms with E-state index in [1.807, 2.05) is 0 Å². The maximum Gasteiger partial charge on any atom is 0.306 e. The molecular formula is C64H104O6. The Kier molecular flexibility index (Phi) is 54.0. The van der Waals surface area contributed by atoms with Crippen molar-refractivity contribution in [3.8, 4) is 0 Å². The molecule has 0 fully saturated rings. The van der Waals surface area contributed by atoms with Gasteiger partial charge >= 0.3 is 17.9 Å². The fourth-order valence-corrected chi connectivity index (χ4v) is 7.43. The lowest BCUT2D eigenvalue weighted by molar-refractivity contribution is -0.167. The summed E-state index contributed by atoms with van der Waals surface area (Å²) in [4.78, 5) is 37.8. The summed E-state index contributed by atoms with van der Waals surface area (Å²) >= 11 is 0. The van der Waals surface area contributed by atoms with Crippen molar-refractivity contribution in [3.05, 3.63) is 122 Å². The number of rotatable bonds is 50. The van der Waals surface area contributed by atoms with Gasteiger partial charge in [0.15, 0.2) is 6.10 Å². The van der Waals surface area contributed by atoms with E-state index in [1.165, 1.54) is 57.8 Å². The van der Waals surface area contributed by atoms with Crippen LogP contribution in [0.3, 0.4) is 0 Å². The highest BCUT2D eigenvalue weighted by atomic mass is 16.6. The number of hydrogen-bond acceptors (Lipinski definition) is 6. The van der Waals surface area contributed by atoms with Crippen molar-refractivity contribution in [1.29, 1.82) is 0 Å². The molecule has 1 unspecified atom stereocenters. The van der Waals surface area contributed by atoms with Crippen LogP contribution in [0.15, 0.2) is 122 Å². The van der Waals surface area contributed by atoms with E-state index in [2.05, 4.69) is 142 Å². The summed E-state index contributed by atoms with van der Waals surface area (Å²) < 4.78 is 16.7. The van der Waals surface area contributed by atoms with Crippen LogP contribution in [0.5, 0.6) is 0 Å². The van der Waals surface area contributed by atoms with Crippen molar-refractivity contribution < 1.29 is 28.6 Å². The van der Waals surface area contributed by atoms with Gasteiger partial charge in [0.05, 0.1) is 0 Å². The Morgan fingerprint density at radius 2 is 0.557 bits per heavy atom. The molecule has 0 aliphatic carbocycles. The normalized spacial score (nSPS) is 13.0. The van der Waals surface area contributed by atoms with Crippen molar-refractivity contribution in [3.63, 3.8) is 0 Å². The van der Waals surface area contributed by atoms with Crippen molar-refractivity contribution in [2.75, 3.05) is 13.2 Å². The van der Waals surface area contributed by atoms with Crippen molar-refractivity contribution in [2.45, 2.75) is 252 Å². The fourth-order valence-electron chi connectivity index (χ4n) is 7.43. The molecule has 0 aromatic heterocycles. The van der Waals surface area contributed by atoms with Crippen LogP contribution in [-0.4, -0.2) is 37.2 Å². The predicted molar refractivity (Wildman–Crippen MR) is 302 cm³/mol. The van der Waals surface area contributed by atoms with Gasteiger partial charge in [-0.1, -0.05) is 232 Å². The van der Waals surface area contributed by atoms with Gasteiger partial charge < -0.3 is 14.2 Å². The van der Waals surface area contributed by atoms with Gasteiger partial charge in [0.1, 0.15) is 13.2 Å². The average molecular weight is 970 g/mol. The topological polar surface area (TPSA) is 78.9 Å². The summed E-state index contributed by atoms with van der Waals surface area (Å²) in [5.74, 6) is -0.933. The van der Waals surface area contributed by atoms with E-state index in [0.29, 0.717) is 19.3 Å². The molecule has 0 amide bonds. The maximum absolute atomic E-state index is 12.7. The fraction of sp³-hybridized carbons (Fsp3) is 0.641. The summed E-state index contributed by atoms with van der Waals surface area (Å²) in [5.41, 5.74) is 0. The van der Waals surface area contributed by atoms with Crippen molar-refractivity contribution >= 4 is 17.9 Å². The lowest BCUT2D eigenvalue weighted by atomic mass is 10.1. The summed E-state index contributed by atoms with van der Waals surface area (Å²) in [6, 6.07) is 0. The standard InChI is InChI=1S/C64H104O6/c1-4-7-10-13-16-18-20-22-23-24-25-26-27-28-29-30-31-32-33-34-35-36-37-38-39-40-41-43-44-46-48-51-54-57-63(66)69-60-61(59-68-62(65)56-53-50-15-12-9-6-3)70-64(67)58-55-52-49-47-45-42-21-19-17-14-11-8-5-2/h7,10,16,18-19,21-23,25-26,28-29,31-32,34-35,37-38,40-41,61H,4-6,8-9,11-15,17,20,24,27,30,33,36,39,42-60H2,1-3H3/b10-7-,18-16-,21-19-,23-22-,26-25-,29-28-,32-31-,35-34-,38-37-,41-40-. The monoisotopic (exact) mass is 969 g/mol. The zero-order valence-electron chi connectivity index (χ0n) is 45.2. The van der Waals surface area contributed by atoms with E-state index in [1.54, 1.807) is 0 Å². The van der Waals surface area contributed by atoms with Crippen LogP contribution in [-0.2, 0) is 28.6 Å². The van der Waals surface area contributed by atoms with Gasteiger partial charge in [-0.05, 0) is 116 Å². The smallest absolute Gasteiger partial charge is 0.306 e. The number of allylic oxidation sites excluding steroid dienone is 20.